The fraction of sp³-hybridized carbons (Fsp3) is 0.417. The van der Waals surface area contributed by atoms with E-state index in [9.17, 15) is 9.59 Å². The van der Waals surface area contributed by atoms with Crippen LogP contribution in [0.5, 0.6) is 5.75 Å². The normalized spacial score (nSPS) is 11.8. The Hall–Kier alpha value is -2.82. The van der Waals surface area contributed by atoms with E-state index in [1.54, 1.807) is 11.8 Å². The number of nitrogens with zero attached hydrogens (tertiary/aromatic N) is 1. The Kier molecular flexibility index (Phi) is 7.82. The Morgan fingerprint density at radius 1 is 0.966 bits per heavy atom. The van der Waals surface area contributed by atoms with Gasteiger partial charge >= 0.3 is 0 Å². The molecule has 2 aromatic rings. The van der Waals surface area contributed by atoms with Gasteiger partial charge in [0, 0.05) is 12.6 Å². The zero-order valence-electron chi connectivity index (χ0n) is 18.3. The molecule has 0 unspecified atom stereocenters. The third kappa shape index (κ3) is 6.63. The third-order valence-corrected chi connectivity index (χ3v) is 4.91. The zero-order valence-corrected chi connectivity index (χ0v) is 18.3. The summed E-state index contributed by atoms with van der Waals surface area (Å²) in [6, 6.07) is 13.1. The molecular weight excluding hydrogens is 364 g/mol. The summed E-state index contributed by atoms with van der Waals surface area (Å²) < 4.78 is 5.73. The summed E-state index contributed by atoms with van der Waals surface area (Å²) in [6.07, 6.45) is 0. The van der Waals surface area contributed by atoms with Crippen LogP contribution < -0.4 is 10.1 Å². The van der Waals surface area contributed by atoms with Gasteiger partial charge in [0.05, 0.1) is 0 Å². The van der Waals surface area contributed by atoms with Gasteiger partial charge in [-0.1, -0.05) is 35.9 Å². The number of carbonyl (C=O) groups excluding carboxylic acids is 2. The monoisotopic (exact) mass is 396 g/mol. The standard InChI is InChI=1S/C24H32N2O3/c1-16(2)25-24(28)20(6)26(14-21-10-7-17(3)8-11-21)23(27)15-29-22-12-9-18(4)19(5)13-22/h7-13,16,20H,14-15H2,1-6H3,(H,25,28)/t20-/m1/s1. The second-order valence-corrected chi connectivity index (χ2v) is 7.88. The SMILES string of the molecule is Cc1ccc(CN(C(=O)COc2ccc(C)c(C)c2)[C@H](C)C(=O)NC(C)C)cc1. The van der Waals surface area contributed by atoms with Crippen LogP contribution in [0.2, 0.25) is 0 Å². The second kappa shape index (κ2) is 10.1. The first-order chi connectivity index (χ1) is 13.7. The van der Waals surface area contributed by atoms with E-state index in [0.29, 0.717) is 12.3 Å². The second-order valence-electron chi connectivity index (χ2n) is 7.88. The van der Waals surface area contributed by atoms with Crippen molar-refractivity contribution in [2.75, 3.05) is 6.61 Å². The van der Waals surface area contributed by atoms with Crippen LogP contribution in [0.3, 0.4) is 0 Å². The third-order valence-electron chi connectivity index (χ3n) is 4.91. The molecule has 2 rings (SSSR count). The summed E-state index contributed by atoms with van der Waals surface area (Å²) in [5, 5.41) is 2.89. The fourth-order valence-electron chi connectivity index (χ4n) is 2.91. The van der Waals surface area contributed by atoms with Gasteiger partial charge < -0.3 is 15.0 Å². The number of carbonyl (C=O) groups is 2. The van der Waals surface area contributed by atoms with Gasteiger partial charge in [-0.2, -0.15) is 0 Å². The first-order valence-corrected chi connectivity index (χ1v) is 10.0. The van der Waals surface area contributed by atoms with Crippen molar-refractivity contribution in [3.05, 3.63) is 64.7 Å². The summed E-state index contributed by atoms with van der Waals surface area (Å²) in [7, 11) is 0. The summed E-state index contributed by atoms with van der Waals surface area (Å²) in [5.74, 6) is 0.248. The molecule has 29 heavy (non-hydrogen) atoms. The number of hydrogen-bond donors (Lipinski definition) is 1. The maximum atomic E-state index is 13.0. The van der Waals surface area contributed by atoms with E-state index in [1.165, 1.54) is 5.56 Å². The molecule has 0 saturated carbocycles. The number of ether oxygens (including phenoxy) is 1. The molecule has 5 heteroatoms. The Morgan fingerprint density at radius 2 is 1.62 bits per heavy atom. The predicted molar refractivity (Wildman–Crippen MR) is 116 cm³/mol. The molecule has 0 radical (unpaired) electrons. The number of nitrogens with one attached hydrogen (secondary N) is 1. The van der Waals surface area contributed by atoms with Crippen LogP contribution in [0.1, 0.15) is 43.0 Å². The topological polar surface area (TPSA) is 58.6 Å². The Morgan fingerprint density at radius 3 is 2.21 bits per heavy atom. The van der Waals surface area contributed by atoms with Crippen molar-refractivity contribution in [2.45, 2.75) is 60.2 Å². The average Bonchev–Trinajstić information content (AvgIpc) is 2.67. The molecule has 5 nitrogen and oxygen atoms in total. The molecule has 0 aliphatic carbocycles. The summed E-state index contributed by atoms with van der Waals surface area (Å²) >= 11 is 0. The molecule has 2 amide bonds. The molecule has 0 saturated heterocycles. The first kappa shape index (κ1) is 22.5. The van der Waals surface area contributed by atoms with Gasteiger partial charge in [-0.25, -0.2) is 0 Å². The van der Waals surface area contributed by atoms with Gasteiger partial charge in [0.25, 0.3) is 5.91 Å². The molecule has 0 heterocycles. The van der Waals surface area contributed by atoms with Crippen molar-refractivity contribution in [3.63, 3.8) is 0 Å². The number of rotatable bonds is 8. The minimum absolute atomic E-state index is 0.00746. The number of amides is 2. The lowest BCUT2D eigenvalue weighted by Gasteiger charge is -2.29. The Balaban J connectivity index is 2.15. The van der Waals surface area contributed by atoms with Crippen molar-refractivity contribution in [2.24, 2.45) is 0 Å². The first-order valence-electron chi connectivity index (χ1n) is 10.0. The lowest BCUT2D eigenvalue weighted by Crippen LogP contribution is -2.50. The van der Waals surface area contributed by atoms with E-state index in [0.717, 1.165) is 16.7 Å². The Labute approximate surface area is 174 Å². The van der Waals surface area contributed by atoms with E-state index < -0.39 is 6.04 Å². The van der Waals surface area contributed by atoms with Crippen molar-refractivity contribution in [3.8, 4) is 5.75 Å². The Bertz CT molecular complexity index is 844. The maximum absolute atomic E-state index is 13.0. The number of hydrogen-bond acceptors (Lipinski definition) is 3. The van der Waals surface area contributed by atoms with Gasteiger partial charge in [-0.3, -0.25) is 9.59 Å². The van der Waals surface area contributed by atoms with Crippen LogP contribution in [-0.4, -0.2) is 35.4 Å². The van der Waals surface area contributed by atoms with Crippen LogP contribution in [0, 0.1) is 20.8 Å². The van der Waals surface area contributed by atoms with Crippen molar-refractivity contribution in [1.29, 1.82) is 0 Å². The van der Waals surface area contributed by atoms with Gasteiger partial charge in [-0.05, 0) is 70.4 Å². The summed E-state index contributed by atoms with van der Waals surface area (Å²) in [5.41, 5.74) is 4.40. The van der Waals surface area contributed by atoms with Crippen molar-refractivity contribution in [1.82, 2.24) is 10.2 Å². The predicted octanol–water partition coefficient (Wildman–Crippen LogP) is 3.93. The van der Waals surface area contributed by atoms with Gasteiger partial charge in [0.15, 0.2) is 6.61 Å². The highest BCUT2D eigenvalue weighted by atomic mass is 16.5. The van der Waals surface area contributed by atoms with Crippen LogP contribution in [0.15, 0.2) is 42.5 Å². The highest BCUT2D eigenvalue weighted by Gasteiger charge is 2.26. The minimum atomic E-state index is -0.602. The van der Waals surface area contributed by atoms with E-state index >= 15 is 0 Å². The van der Waals surface area contributed by atoms with Gasteiger partial charge in [0.2, 0.25) is 5.91 Å². The van der Waals surface area contributed by atoms with E-state index in [4.69, 9.17) is 4.74 Å². The summed E-state index contributed by atoms with van der Waals surface area (Å²) in [4.78, 5) is 27.1. The molecule has 0 aliphatic heterocycles. The lowest BCUT2D eigenvalue weighted by atomic mass is 10.1. The smallest absolute Gasteiger partial charge is 0.261 e. The maximum Gasteiger partial charge on any atom is 0.261 e. The van der Waals surface area contributed by atoms with Crippen LogP contribution in [-0.2, 0) is 16.1 Å². The van der Waals surface area contributed by atoms with E-state index in [1.807, 2.05) is 77.1 Å². The molecule has 0 spiro atoms. The molecule has 0 aliphatic rings. The van der Waals surface area contributed by atoms with Crippen LogP contribution >= 0.6 is 0 Å². The highest BCUT2D eigenvalue weighted by Crippen LogP contribution is 2.17. The quantitative estimate of drug-likeness (QED) is 0.735. The lowest BCUT2D eigenvalue weighted by molar-refractivity contribution is -0.142. The van der Waals surface area contributed by atoms with Gasteiger partial charge in [0.1, 0.15) is 11.8 Å². The van der Waals surface area contributed by atoms with E-state index in [2.05, 4.69) is 5.32 Å². The largest absolute Gasteiger partial charge is 0.484 e. The van der Waals surface area contributed by atoms with E-state index in [-0.39, 0.29) is 24.5 Å². The average molecular weight is 397 g/mol. The fourth-order valence-corrected chi connectivity index (χ4v) is 2.91. The molecule has 0 bridgehead atoms. The molecule has 1 N–H and O–H groups in total. The van der Waals surface area contributed by atoms with Crippen LogP contribution in [0.25, 0.3) is 0 Å². The molecule has 156 valence electrons. The zero-order chi connectivity index (χ0) is 21.6. The summed E-state index contributed by atoms with van der Waals surface area (Å²) in [6.45, 7) is 11.8. The number of aryl methyl sites for hydroxylation is 3. The molecule has 2 aromatic carbocycles. The molecule has 0 fully saturated rings. The van der Waals surface area contributed by atoms with Crippen LogP contribution in [0.4, 0.5) is 0 Å². The van der Waals surface area contributed by atoms with Crippen molar-refractivity contribution < 1.29 is 14.3 Å². The minimum Gasteiger partial charge on any atom is -0.484 e. The molecular formula is C24H32N2O3. The van der Waals surface area contributed by atoms with Gasteiger partial charge in [-0.15, -0.1) is 0 Å². The molecule has 1 atom stereocenters. The highest BCUT2D eigenvalue weighted by molar-refractivity contribution is 5.88. The molecule has 0 aromatic heterocycles. The number of benzene rings is 2. The van der Waals surface area contributed by atoms with Crippen molar-refractivity contribution >= 4 is 11.8 Å².